The lowest BCUT2D eigenvalue weighted by molar-refractivity contribution is -0.144. The first-order chi connectivity index (χ1) is 11.8. The number of unbranched alkanes of at least 4 members (excludes halogenated alkanes) is 6. The number of hydrogen-bond acceptors (Lipinski definition) is 5. The molecular formula is C19H38O5. The molecule has 0 saturated heterocycles. The first-order valence-corrected chi connectivity index (χ1v) is 9.70. The lowest BCUT2D eigenvalue weighted by Gasteiger charge is -2.07. The van der Waals surface area contributed by atoms with Crippen LogP contribution >= 0.6 is 0 Å². The lowest BCUT2D eigenvalue weighted by atomic mass is 10.1. The first-order valence-electron chi connectivity index (χ1n) is 9.70. The molecule has 0 amide bonds. The van der Waals surface area contributed by atoms with Gasteiger partial charge in [-0.2, -0.15) is 0 Å². The number of rotatable bonds is 19. The highest BCUT2D eigenvalue weighted by Crippen LogP contribution is 2.07. The maximum absolute atomic E-state index is 11.5. The Morgan fingerprint density at radius 2 is 1.21 bits per heavy atom. The number of carbonyl (C=O) groups excluding carboxylic acids is 1. The molecular weight excluding hydrogens is 308 g/mol. The zero-order valence-corrected chi connectivity index (χ0v) is 15.9. The molecule has 0 aromatic carbocycles. The van der Waals surface area contributed by atoms with E-state index in [4.69, 9.17) is 18.9 Å². The fourth-order valence-corrected chi connectivity index (χ4v) is 2.22. The Bertz CT molecular complexity index is 258. The molecule has 0 heterocycles. The minimum absolute atomic E-state index is 0.113. The molecule has 0 fully saturated rings. The first kappa shape index (κ1) is 23.4. The second-order valence-electron chi connectivity index (χ2n) is 5.87. The van der Waals surface area contributed by atoms with Gasteiger partial charge in [0.2, 0.25) is 0 Å². The Balaban J connectivity index is 3.13. The van der Waals surface area contributed by atoms with Crippen LogP contribution in [0.5, 0.6) is 0 Å². The normalized spacial score (nSPS) is 10.9. The number of ether oxygens (including phenoxy) is 4. The minimum Gasteiger partial charge on any atom is -0.466 e. The van der Waals surface area contributed by atoms with Crippen molar-refractivity contribution in [2.45, 2.75) is 71.6 Å². The summed E-state index contributed by atoms with van der Waals surface area (Å²) in [4.78, 5) is 11.5. The van der Waals surface area contributed by atoms with Gasteiger partial charge in [0, 0.05) is 19.6 Å². The summed E-state index contributed by atoms with van der Waals surface area (Å²) >= 11 is 0. The van der Waals surface area contributed by atoms with E-state index in [9.17, 15) is 4.79 Å². The minimum atomic E-state index is -0.113. The van der Waals surface area contributed by atoms with Gasteiger partial charge in [-0.25, -0.2) is 0 Å². The zero-order chi connectivity index (χ0) is 17.7. The van der Waals surface area contributed by atoms with Crippen molar-refractivity contribution < 1.29 is 23.7 Å². The third-order valence-electron chi connectivity index (χ3n) is 3.63. The standard InChI is InChI=1S/C19H38O5/c1-3-5-6-7-8-9-10-14-24-19(20)12-11-13-22-17-18-23-16-15-21-4-2/h3-18H2,1-2H3. The third kappa shape index (κ3) is 19.4. The van der Waals surface area contributed by atoms with Gasteiger partial charge in [0.1, 0.15) is 0 Å². The second kappa shape index (κ2) is 20.4. The summed E-state index contributed by atoms with van der Waals surface area (Å²) in [6.07, 6.45) is 9.76. The molecule has 0 aliphatic carbocycles. The van der Waals surface area contributed by atoms with E-state index in [0.29, 0.717) is 52.5 Å². The summed E-state index contributed by atoms with van der Waals surface area (Å²) < 4.78 is 21.1. The van der Waals surface area contributed by atoms with E-state index in [-0.39, 0.29) is 5.97 Å². The maximum Gasteiger partial charge on any atom is 0.305 e. The highest BCUT2D eigenvalue weighted by Gasteiger charge is 2.02. The molecule has 144 valence electrons. The molecule has 5 heteroatoms. The highest BCUT2D eigenvalue weighted by atomic mass is 16.5. The van der Waals surface area contributed by atoms with Gasteiger partial charge in [-0.1, -0.05) is 45.4 Å². The Hall–Kier alpha value is -0.650. The van der Waals surface area contributed by atoms with Gasteiger partial charge in [0.05, 0.1) is 33.0 Å². The summed E-state index contributed by atoms with van der Waals surface area (Å²) in [5, 5.41) is 0. The molecule has 0 atom stereocenters. The predicted octanol–water partition coefficient (Wildman–Crippen LogP) is 4.13. The average molecular weight is 347 g/mol. The fraction of sp³-hybridized carbons (Fsp3) is 0.947. The van der Waals surface area contributed by atoms with Gasteiger partial charge < -0.3 is 18.9 Å². The monoisotopic (exact) mass is 346 g/mol. The van der Waals surface area contributed by atoms with Gasteiger partial charge in [-0.15, -0.1) is 0 Å². The van der Waals surface area contributed by atoms with Crippen molar-refractivity contribution in [3.8, 4) is 0 Å². The molecule has 24 heavy (non-hydrogen) atoms. The summed E-state index contributed by atoms with van der Waals surface area (Å²) in [5.41, 5.74) is 0. The highest BCUT2D eigenvalue weighted by molar-refractivity contribution is 5.69. The van der Waals surface area contributed by atoms with Crippen LogP contribution in [0.1, 0.15) is 71.6 Å². The Morgan fingerprint density at radius 3 is 1.88 bits per heavy atom. The van der Waals surface area contributed by atoms with Crippen LogP contribution in [-0.2, 0) is 23.7 Å². The van der Waals surface area contributed by atoms with Crippen LogP contribution in [0.15, 0.2) is 0 Å². The molecule has 0 aliphatic rings. The van der Waals surface area contributed by atoms with Crippen LogP contribution in [-0.4, -0.2) is 52.2 Å². The van der Waals surface area contributed by atoms with E-state index in [0.717, 1.165) is 19.4 Å². The van der Waals surface area contributed by atoms with Gasteiger partial charge in [-0.3, -0.25) is 4.79 Å². The maximum atomic E-state index is 11.5. The van der Waals surface area contributed by atoms with Crippen LogP contribution in [0.3, 0.4) is 0 Å². The Labute approximate surface area is 148 Å². The molecule has 0 rings (SSSR count). The van der Waals surface area contributed by atoms with Crippen LogP contribution < -0.4 is 0 Å². The van der Waals surface area contributed by atoms with Crippen molar-refractivity contribution in [1.29, 1.82) is 0 Å². The van der Waals surface area contributed by atoms with Gasteiger partial charge in [-0.05, 0) is 19.8 Å². The van der Waals surface area contributed by atoms with Gasteiger partial charge in [0.25, 0.3) is 0 Å². The van der Waals surface area contributed by atoms with Crippen LogP contribution in [0.2, 0.25) is 0 Å². The largest absolute Gasteiger partial charge is 0.466 e. The van der Waals surface area contributed by atoms with E-state index >= 15 is 0 Å². The van der Waals surface area contributed by atoms with Crippen molar-refractivity contribution in [3.05, 3.63) is 0 Å². The van der Waals surface area contributed by atoms with E-state index in [1.807, 2.05) is 6.92 Å². The topological polar surface area (TPSA) is 54.0 Å². The van der Waals surface area contributed by atoms with E-state index in [1.54, 1.807) is 0 Å². The van der Waals surface area contributed by atoms with E-state index in [1.165, 1.54) is 32.1 Å². The number of hydrogen-bond donors (Lipinski definition) is 0. The smallest absolute Gasteiger partial charge is 0.305 e. The molecule has 0 spiro atoms. The molecule has 0 aromatic heterocycles. The van der Waals surface area contributed by atoms with E-state index in [2.05, 4.69) is 6.92 Å². The Morgan fingerprint density at radius 1 is 0.625 bits per heavy atom. The summed E-state index contributed by atoms with van der Waals surface area (Å²) in [5.74, 6) is -0.113. The number of esters is 1. The van der Waals surface area contributed by atoms with Gasteiger partial charge >= 0.3 is 5.97 Å². The third-order valence-corrected chi connectivity index (χ3v) is 3.63. The molecule has 0 radical (unpaired) electrons. The summed E-state index contributed by atoms with van der Waals surface area (Å²) in [6, 6.07) is 0. The fourth-order valence-electron chi connectivity index (χ4n) is 2.22. The zero-order valence-electron chi connectivity index (χ0n) is 15.9. The molecule has 0 saturated carbocycles. The van der Waals surface area contributed by atoms with Crippen molar-refractivity contribution >= 4 is 5.97 Å². The molecule has 0 unspecified atom stereocenters. The van der Waals surface area contributed by atoms with E-state index < -0.39 is 0 Å². The molecule has 5 nitrogen and oxygen atoms in total. The number of carbonyl (C=O) groups is 1. The van der Waals surface area contributed by atoms with Crippen molar-refractivity contribution in [2.75, 3.05) is 46.2 Å². The Kier molecular flexibility index (Phi) is 19.8. The summed E-state index contributed by atoms with van der Waals surface area (Å²) in [6.45, 7) is 8.38. The molecule has 0 N–H and O–H groups in total. The van der Waals surface area contributed by atoms with Gasteiger partial charge in [0.15, 0.2) is 0 Å². The van der Waals surface area contributed by atoms with Crippen molar-refractivity contribution in [3.63, 3.8) is 0 Å². The van der Waals surface area contributed by atoms with Crippen molar-refractivity contribution in [1.82, 2.24) is 0 Å². The predicted molar refractivity (Wildman–Crippen MR) is 96.3 cm³/mol. The molecule has 0 bridgehead atoms. The lowest BCUT2D eigenvalue weighted by Crippen LogP contribution is -2.11. The van der Waals surface area contributed by atoms with Crippen molar-refractivity contribution in [2.24, 2.45) is 0 Å². The second-order valence-corrected chi connectivity index (χ2v) is 5.87. The van der Waals surface area contributed by atoms with Crippen LogP contribution in [0, 0.1) is 0 Å². The average Bonchev–Trinajstić information content (AvgIpc) is 2.59. The summed E-state index contributed by atoms with van der Waals surface area (Å²) in [7, 11) is 0. The van der Waals surface area contributed by atoms with Crippen LogP contribution in [0.25, 0.3) is 0 Å². The van der Waals surface area contributed by atoms with Crippen LogP contribution in [0.4, 0.5) is 0 Å². The SMILES string of the molecule is CCCCCCCCCOC(=O)CCCOCCOCCOCC. The quantitative estimate of drug-likeness (QED) is 0.260. The molecule has 0 aliphatic heterocycles. The molecule has 0 aromatic rings.